The van der Waals surface area contributed by atoms with E-state index in [0.717, 1.165) is 22.5 Å². The molecule has 12 heteroatoms. The SMILES string of the molecule is O=C(CNC(=O)C1CCN(S(=O)(=O)c2ccccc2C(F)(F)F)CC1)NCc1ccco1. The van der Waals surface area contributed by atoms with Crippen LogP contribution in [0.4, 0.5) is 13.2 Å². The van der Waals surface area contributed by atoms with Gasteiger partial charge in [0.05, 0.1) is 29.8 Å². The Morgan fingerprint density at radius 2 is 1.75 bits per heavy atom. The number of rotatable bonds is 7. The van der Waals surface area contributed by atoms with Gasteiger partial charge in [-0.2, -0.15) is 17.5 Å². The monoisotopic (exact) mass is 473 g/mol. The zero-order valence-electron chi connectivity index (χ0n) is 16.9. The van der Waals surface area contributed by atoms with Gasteiger partial charge in [0.2, 0.25) is 21.8 Å². The number of hydrogen-bond donors (Lipinski definition) is 2. The normalized spacial score (nSPS) is 16.0. The van der Waals surface area contributed by atoms with Crippen molar-refractivity contribution in [1.82, 2.24) is 14.9 Å². The van der Waals surface area contributed by atoms with Crippen LogP contribution < -0.4 is 10.6 Å². The summed E-state index contributed by atoms with van der Waals surface area (Å²) in [7, 11) is -4.37. The van der Waals surface area contributed by atoms with Crippen molar-refractivity contribution in [2.75, 3.05) is 19.6 Å². The van der Waals surface area contributed by atoms with Crippen LogP contribution in [-0.2, 0) is 32.3 Å². The third-order valence-corrected chi connectivity index (χ3v) is 7.05. The molecule has 0 atom stereocenters. The molecule has 1 aliphatic heterocycles. The van der Waals surface area contributed by atoms with Crippen molar-refractivity contribution >= 4 is 21.8 Å². The van der Waals surface area contributed by atoms with Gasteiger partial charge in [0.25, 0.3) is 0 Å². The topological polar surface area (TPSA) is 109 Å². The Labute approximate surface area is 182 Å². The fourth-order valence-electron chi connectivity index (χ4n) is 3.40. The molecule has 1 aromatic carbocycles. The average molecular weight is 473 g/mol. The average Bonchev–Trinajstić information content (AvgIpc) is 3.29. The van der Waals surface area contributed by atoms with Gasteiger partial charge in [0.1, 0.15) is 5.76 Å². The number of amides is 2. The molecule has 2 heterocycles. The van der Waals surface area contributed by atoms with Gasteiger partial charge in [0.15, 0.2) is 0 Å². The second-order valence-electron chi connectivity index (χ2n) is 7.25. The first-order valence-electron chi connectivity index (χ1n) is 9.82. The highest BCUT2D eigenvalue weighted by molar-refractivity contribution is 7.89. The number of sulfonamides is 1. The lowest BCUT2D eigenvalue weighted by Crippen LogP contribution is -2.45. The van der Waals surface area contributed by atoms with Crippen molar-refractivity contribution in [2.45, 2.75) is 30.5 Å². The number of nitrogens with one attached hydrogen (secondary N) is 2. The number of halogens is 3. The highest BCUT2D eigenvalue weighted by Gasteiger charge is 2.40. The molecule has 0 unspecified atom stereocenters. The van der Waals surface area contributed by atoms with Crippen molar-refractivity contribution in [3.63, 3.8) is 0 Å². The van der Waals surface area contributed by atoms with E-state index in [1.165, 1.54) is 12.3 Å². The first-order chi connectivity index (χ1) is 15.1. The maximum Gasteiger partial charge on any atom is 0.417 e. The molecule has 32 heavy (non-hydrogen) atoms. The maximum atomic E-state index is 13.2. The molecule has 1 aromatic heterocycles. The lowest BCUT2D eigenvalue weighted by Gasteiger charge is -2.31. The van der Waals surface area contributed by atoms with Crippen molar-refractivity contribution in [3.05, 3.63) is 54.0 Å². The Balaban J connectivity index is 1.52. The van der Waals surface area contributed by atoms with Crippen molar-refractivity contribution in [2.24, 2.45) is 5.92 Å². The van der Waals surface area contributed by atoms with E-state index in [2.05, 4.69) is 10.6 Å². The molecule has 0 spiro atoms. The summed E-state index contributed by atoms with van der Waals surface area (Å²) in [5.41, 5.74) is -1.22. The lowest BCUT2D eigenvalue weighted by atomic mass is 9.97. The molecular formula is C20H22F3N3O5S. The van der Waals surface area contributed by atoms with Gasteiger partial charge >= 0.3 is 6.18 Å². The van der Waals surface area contributed by atoms with Crippen molar-refractivity contribution < 1.29 is 35.6 Å². The fraction of sp³-hybridized carbons (Fsp3) is 0.400. The molecule has 2 N–H and O–H groups in total. The number of carbonyl (C=O) groups is 2. The third-order valence-electron chi connectivity index (χ3n) is 5.10. The number of carbonyl (C=O) groups excluding carboxylic acids is 2. The summed E-state index contributed by atoms with van der Waals surface area (Å²) in [6.45, 7) is -0.275. The summed E-state index contributed by atoms with van der Waals surface area (Å²) in [5, 5.41) is 5.08. The fourth-order valence-corrected chi connectivity index (χ4v) is 5.08. The molecule has 1 saturated heterocycles. The second kappa shape index (κ2) is 9.74. The first kappa shape index (κ1) is 23.8. The molecule has 8 nitrogen and oxygen atoms in total. The number of nitrogens with zero attached hydrogens (tertiary/aromatic N) is 1. The molecule has 174 valence electrons. The third kappa shape index (κ3) is 5.68. The summed E-state index contributed by atoms with van der Waals surface area (Å²) in [6, 6.07) is 7.39. The highest BCUT2D eigenvalue weighted by Crippen LogP contribution is 2.36. The molecule has 1 fully saturated rings. The first-order valence-corrected chi connectivity index (χ1v) is 11.3. The minimum Gasteiger partial charge on any atom is -0.467 e. The quantitative estimate of drug-likeness (QED) is 0.641. The Morgan fingerprint density at radius 3 is 2.38 bits per heavy atom. The molecule has 3 rings (SSSR count). The van der Waals surface area contributed by atoms with Crippen LogP contribution in [0, 0.1) is 5.92 Å². The van der Waals surface area contributed by atoms with E-state index in [4.69, 9.17) is 4.42 Å². The number of furan rings is 1. The Bertz CT molecular complexity index is 1050. The van der Waals surface area contributed by atoms with Crippen LogP contribution in [0.25, 0.3) is 0 Å². The summed E-state index contributed by atoms with van der Waals surface area (Å²) in [4.78, 5) is 23.4. The lowest BCUT2D eigenvalue weighted by molar-refractivity contribution is -0.140. The molecule has 2 amide bonds. The van der Waals surface area contributed by atoms with Crippen LogP contribution in [0.5, 0.6) is 0 Å². The Kier molecular flexibility index (Phi) is 7.24. The van der Waals surface area contributed by atoms with Crippen LogP contribution in [-0.4, -0.2) is 44.2 Å². The highest BCUT2D eigenvalue weighted by atomic mass is 32.2. The largest absolute Gasteiger partial charge is 0.467 e. The number of benzene rings is 1. The number of alkyl halides is 3. The molecule has 2 aromatic rings. The van der Waals surface area contributed by atoms with E-state index in [9.17, 15) is 31.2 Å². The predicted octanol–water partition coefficient (Wildman–Crippen LogP) is 2.13. The summed E-state index contributed by atoms with van der Waals surface area (Å²) in [6.07, 6.45) is -3.07. The summed E-state index contributed by atoms with van der Waals surface area (Å²) in [5.74, 6) is -0.813. The Morgan fingerprint density at radius 1 is 1.06 bits per heavy atom. The van der Waals surface area contributed by atoms with E-state index in [-0.39, 0.29) is 39.0 Å². The van der Waals surface area contributed by atoms with Gasteiger partial charge in [-0.15, -0.1) is 0 Å². The predicted molar refractivity (Wildman–Crippen MR) is 106 cm³/mol. The van der Waals surface area contributed by atoms with Gasteiger partial charge < -0.3 is 15.1 Å². The van der Waals surface area contributed by atoms with Crippen LogP contribution in [0.15, 0.2) is 52.0 Å². The Hall–Kier alpha value is -2.86. The molecule has 0 bridgehead atoms. The van der Waals surface area contributed by atoms with E-state index >= 15 is 0 Å². The standard InChI is InChI=1S/C20H22F3N3O5S/c21-20(22,23)16-5-1-2-6-17(16)32(29,30)26-9-7-14(8-10-26)19(28)25-13-18(27)24-12-15-4-3-11-31-15/h1-6,11,14H,7-10,12-13H2,(H,24,27)(H,25,28). The van der Waals surface area contributed by atoms with Crippen LogP contribution in [0.1, 0.15) is 24.2 Å². The zero-order valence-corrected chi connectivity index (χ0v) is 17.7. The van der Waals surface area contributed by atoms with Crippen LogP contribution >= 0.6 is 0 Å². The minimum absolute atomic E-state index is 0.0999. The van der Waals surface area contributed by atoms with Gasteiger partial charge in [0, 0.05) is 19.0 Å². The van der Waals surface area contributed by atoms with E-state index in [1.807, 2.05) is 0 Å². The number of hydrogen-bond acceptors (Lipinski definition) is 5. The molecule has 1 aliphatic rings. The minimum atomic E-state index is -4.81. The summed E-state index contributed by atoms with van der Waals surface area (Å²) >= 11 is 0. The maximum absolute atomic E-state index is 13.2. The van der Waals surface area contributed by atoms with Crippen molar-refractivity contribution in [3.8, 4) is 0 Å². The molecule has 0 saturated carbocycles. The molecular weight excluding hydrogens is 451 g/mol. The zero-order chi connectivity index (χ0) is 23.4. The smallest absolute Gasteiger partial charge is 0.417 e. The van der Waals surface area contributed by atoms with Gasteiger partial charge in [-0.1, -0.05) is 12.1 Å². The van der Waals surface area contributed by atoms with Gasteiger partial charge in [-0.25, -0.2) is 8.42 Å². The molecule has 0 radical (unpaired) electrons. The molecule has 0 aliphatic carbocycles. The van der Waals surface area contributed by atoms with Gasteiger partial charge in [-0.3, -0.25) is 9.59 Å². The van der Waals surface area contributed by atoms with E-state index < -0.39 is 44.4 Å². The van der Waals surface area contributed by atoms with Gasteiger partial charge in [-0.05, 0) is 37.1 Å². The van der Waals surface area contributed by atoms with E-state index in [0.29, 0.717) is 5.76 Å². The van der Waals surface area contributed by atoms with Crippen LogP contribution in [0.2, 0.25) is 0 Å². The second-order valence-corrected chi connectivity index (χ2v) is 9.15. The number of piperidine rings is 1. The van der Waals surface area contributed by atoms with Crippen molar-refractivity contribution in [1.29, 1.82) is 0 Å². The van der Waals surface area contributed by atoms with Crippen LogP contribution in [0.3, 0.4) is 0 Å². The summed E-state index contributed by atoms with van der Waals surface area (Å²) < 4.78 is 71.3. The van der Waals surface area contributed by atoms with E-state index in [1.54, 1.807) is 12.1 Å².